The monoisotopic (exact) mass is 522 g/mol. The summed E-state index contributed by atoms with van der Waals surface area (Å²) in [5.74, 6) is 0.822. The van der Waals surface area contributed by atoms with Crippen LogP contribution in [0.2, 0.25) is 0 Å². The summed E-state index contributed by atoms with van der Waals surface area (Å²) in [7, 11) is 0. The molecule has 2 aliphatic heterocycles. The maximum absolute atomic E-state index is 13.9. The summed E-state index contributed by atoms with van der Waals surface area (Å²) in [4.78, 5) is 33.6. The third kappa shape index (κ3) is 4.64. The first kappa shape index (κ1) is 25.5. The minimum Gasteiger partial charge on any atom is -0.461 e. The average Bonchev–Trinajstić information content (AvgIpc) is 3.08. The molecule has 0 radical (unpaired) electrons. The van der Waals surface area contributed by atoms with Gasteiger partial charge < -0.3 is 19.2 Å². The molecule has 6 rings (SSSR count). The van der Waals surface area contributed by atoms with E-state index in [0.717, 1.165) is 30.2 Å². The molecule has 2 saturated carbocycles. The number of rotatable bonds is 5. The lowest BCUT2D eigenvalue weighted by Gasteiger charge is -2.54. The van der Waals surface area contributed by atoms with Gasteiger partial charge in [-0.25, -0.2) is 9.78 Å². The standard InChI is InChI=1S/C29H38N4O5/c1-2-38-29(35)27(31-36)26-28(34)33(25-10-6-5-9-24(25)30-26)21-14-22-16-37-17-23(15-21)32(22)20-12-18-7-3-4-8-19(11-18)13-20/h5-6,9-10,18-23,36H,2-4,7-8,11-17H2,1H3/t18?,19?,20?,21?,22-,23+. The summed E-state index contributed by atoms with van der Waals surface area (Å²) in [5, 5.41) is 12.8. The number of fused-ring (bicyclic) bond motifs is 5. The van der Waals surface area contributed by atoms with Crippen LogP contribution < -0.4 is 5.56 Å². The minimum atomic E-state index is -0.861. The normalized spacial score (nSPS) is 32.1. The fourth-order valence-corrected chi connectivity index (χ4v) is 7.89. The first-order chi connectivity index (χ1) is 18.6. The Labute approximate surface area is 222 Å². The SMILES string of the molecule is CCOC(=O)C(=NO)c1nc2ccccc2n(C2C[C@H]3COC[C@@H](C2)N3C2CC3CCCCC(C3)C2)c1=O. The van der Waals surface area contributed by atoms with Gasteiger partial charge in [-0.15, -0.1) is 0 Å². The number of para-hydroxylation sites is 2. The Hall–Kier alpha value is -2.78. The van der Waals surface area contributed by atoms with Gasteiger partial charge in [0.2, 0.25) is 5.71 Å². The van der Waals surface area contributed by atoms with Crippen LogP contribution in [0.3, 0.4) is 0 Å². The minimum absolute atomic E-state index is 0.0719. The molecule has 9 nitrogen and oxygen atoms in total. The highest BCUT2D eigenvalue weighted by Gasteiger charge is 2.46. The van der Waals surface area contributed by atoms with Crippen LogP contribution in [-0.4, -0.2) is 69.3 Å². The zero-order valence-electron chi connectivity index (χ0n) is 22.1. The number of morpholine rings is 1. The molecule has 5 atom stereocenters. The molecule has 1 aromatic carbocycles. The van der Waals surface area contributed by atoms with Crippen LogP contribution in [0, 0.1) is 11.8 Å². The smallest absolute Gasteiger partial charge is 0.362 e. The van der Waals surface area contributed by atoms with Crippen molar-refractivity contribution in [2.45, 2.75) is 88.9 Å². The van der Waals surface area contributed by atoms with Crippen LogP contribution >= 0.6 is 0 Å². The number of benzene rings is 1. The molecule has 204 valence electrons. The number of ether oxygens (including phenoxy) is 2. The van der Waals surface area contributed by atoms with E-state index in [1.807, 2.05) is 24.3 Å². The topological polar surface area (TPSA) is 106 Å². The van der Waals surface area contributed by atoms with Gasteiger partial charge in [0.25, 0.3) is 5.56 Å². The van der Waals surface area contributed by atoms with Crippen LogP contribution in [0.25, 0.3) is 11.0 Å². The van der Waals surface area contributed by atoms with Crippen molar-refractivity contribution in [3.63, 3.8) is 0 Å². The van der Waals surface area contributed by atoms with Crippen molar-refractivity contribution in [3.05, 3.63) is 40.3 Å². The van der Waals surface area contributed by atoms with Crippen LogP contribution in [0.15, 0.2) is 34.2 Å². The Bertz CT molecular complexity index is 1250. The lowest BCUT2D eigenvalue weighted by molar-refractivity contribution is -0.135. The molecule has 2 saturated heterocycles. The Kier molecular flexibility index (Phi) is 7.22. The van der Waals surface area contributed by atoms with Gasteiger partial charge in [0.05, 0.1) is 30.9 Å². The van der Waals surface area contributed by atoms with Crippen molar-refractivity contribution in [2.24, 2.45) is 17.0 Å². The molecule has 0 spiro atoms. The molecule has 4 aliphatic rings. The van der Waals surface area contributed by atoms with Crippen molar-refractivity contribution >= 4 is 22.7 Å². The molecule has 9 heteroatoms. The van der Waals surface area contributed by atoms with Crippen LogP contribution in [0.4, 0.5) is 0 Å². The van der Waals surface area contributed by atoms with Gasteiger partial charge in [-0.2, -0.15) is 0 Å². The molecule has 38 heavy (non-hydrogen) atoms. The van der Waals surface area contributed by atoms with E-state index in [0.29, 0.717) is 24.8 Å². The van der Waals surface area contributed by atoms with Gasteiger partial charge in [-0.3, -0.25) is 9.69 Å². The van der Waals surface area contributed by atoms with Crippen LogP contribution in [0.1, 0.15) is 76.4 Å². The number of nitrogens with zero attached hydrogens (tertiary/aromatic N) is 4. The molecule has 1 aromatic heterocycles. The van der Waals surface area contributed by atoms with Gasteiger partial charge >= 0.3 is 5.97 Å². The van der Waals surface area contributed by atoms with Gasteiger partial charge in [0, 0.05) is 24.2 Å². The zero-order chi connectivity index (χ0) is 26.2. The van der Waals surface area contributed by atoms with E-state index < -0.39 is 17.2 Å². The van der Waals surface area contributed by atoms with Gasteiger partial charge in [-0.05, 0) is 63.0 Å². The van der Waals surface area contributed by atoms with Crippen LogP contribution in [-0.2, 0) is 14.3 Å². The Morgan fingerprint density at radius 3 is 2.37 bits per heavy atom. The molecule has 4 bridgehead atoms. The Balaban J connectivity index is 1.35. The third-order valence-corrected chi connectivity index (χ3v) is 9.28. The first-order valence-electron chi connectivity index (χ1n) is 14.3. The maximum Gasteiger partial charge on any atom is 0.362 e. The second kappa shape index (κ2) is 10.8. The van der Waals surface area contributed by atoms with Crippen molar-refractivity contribution in [3.8, 4) is 0 Å². The quantitative estimate of drug-likeness (QED) is 0.275. The zero-order valence-corrected chi connectivity index (χ0v) is 22.1. The number of aromatic nitrogens is 2. The number of piperidine rings is 1. The lowest BCUT2D eigenvalue weighted by atomic mass is 9.75. The fraction of sp³-hybridized carbons (Fsp3) is 0.655. The highest BCUT2D eigenvalue weighted by molar-refractivity contribution is 6.42. The summed E-state index contributed by atoms with van der Waals surface area (Å²) in [6.07, 6.45) is 11.0. The molecule has 2 aliphatic carbocycles. The molecular formula is C29H38N4O5. The van der Waals surface area contributed by atoms with Crippen molar-refractivity contribution in [1.29, 1.82) is 0 Å². The number of hydrogen-bond donors (Lipinski definition) is 1. The molecule has 3 heterocycles. The van der Waals surface area contributed by atoms with E-state index in [1.54, 1.807) is 11.5 Å². The summed E-state index contributed by atoms with van der Waals surface area (Å²) in [6, 6.07) is 8.48. The van der Waals surface area contributed by atoms with E-state index in [9.17, 15) is 14.8 Å². The molecule has 0 amide bonds. The Morgan fingerprint density at radius 2 is 1.71 bits per heavy atom. The summed E-state index contributed by atoms with van der Waals surface area (Å²) in [5.41, 5.74) is 0.244. The molecule has 4 fully saturated rings. The second-order valence-corrected chi connectivity index (χ2v) is 11.6. The number of carbonyl (C=O) groups excluding carboxylic acids is 1. The van der Waals surface area contributed by atoms with Gasteiger partial charge in [-0.1, -0.05) is 43.0 Å². The maximum atomic E-state index is 13.9. The number of esters is 1. The van der Waals surface area contributed by atoms with E-state index in [-0.39, 0.29) is 30.4 Å². The van der Waals surface area contributed by atoms with E-state index in [2.05, 4.69) is 15.0 Å². The highest BCUT2D eigenvalue weighted by atomic mass is 16.5. The third-order valence-electron chi connectivity index (χ3n) is 9.28. The van der Waals surface area contributed by atoms with Gasteiger partial charge in [0.1, 0.15) is 0 Å². The fourth-order valence-electron chi connectivity index (χ4n) is 7.89. The summed E-state index contributed by atoms with van der Waals surface area (Å²) < 4.78 is 12.9. The number of hydrogen-bond acceptors (Lipinski definition) is 8. The molecule has 3 unspecified atom stereocenters. The van der Waals surface area contributed by atoms with Crippen molar-refractivity contribution in [1.82, 2.24) is 14.5 Å². The number of oxime groups is 1. The predicted octanol–water partition coefficient (Wildman–Crippen LogP) is 3.90. The number of carbonyl (C=O) groups is 1. The predicted molar refractivity (Wildman–Crippen MR) is 143 cm³/mol. The van der Waals surface area contributed by atoms with Crippen molar-refractivity contribution in [2.75, 3.05) is 19.8 Å². The average molecular weight is 523 g/mol. The van der Waals surface area contributed by atoms with E-state index in [1.165, 1.54) is 44.9 Å². The molecule has 1 N–H and O–H groups in total. The molecule has 2 aromatic rings. The first-order valence-corrected chi connectivity index (χ1v) is 14.3. The summed E-state index contributed by atoms with van der Waals surface area (Å²) >= 11 is 0. The molecular weight excluding hydrogens is 484 g/mol. The second-order valence-electron chi connectivity index (χ2n) is 11.6. The lowest BCUT2D eigenvalue weighted by Crippen LogP contribution is -2.62. The highest BCUT2D eigenvalue weighted by Crippen LogP contribution is 2.44. The van der Waals surface area contributed by atoms with Crippen LogP contribution in [0.5, 0.6) is 0 Å². The Morgan fingerprint density at radius 1 is 1.03 bits per heavy atom. The van der Waals surface area contributed by atoms with E-state index in [4.69, 9.17) is 9.47 Å². The summed E-state index contributed by atoms with van der Waals surface area (Å²) in [6.45, 7) is 3.12. The largest absolute Gasteiger partial charge is 0.461 e. The van der Waals surface area contributed by atoms with E-state index >= 15 is 0 Å². The van der Waals surface area contributed by atoms with Crippen molar-refractivity contribution < 1.29 is 19.5 Å². The van der Waals surface area contributed by atoms with Gasteiger partial charge in [0.15, 0.2) is 5.69 Å².